The first-order valence-corrected chi connectivity index (χ1v) is 12.3. The number of hydrogen-bond donors (Lipinski definition) is 1. The second-order valence-electron chi connectivity index (χ2n) is 8.25. The highest BCUT2D eigenvalue weighted by molar-refractivity contribution is 7.91. The van der Waals surface area contributed by atoms with Gasteiger partial charge in [-0.15, -0.1) is 0 Å². The van der Waals surface area contributed by atoms with E-state index in [2.05, 4.69) is 5.32 Å². The Morgan fingerprint density at radius 1 is 1.32 bits per heavy atom. The van der Waals surface area contributed by atoms with Gasteiger partial charge < -0.3 is 14.8 Å². The lowest BCUT2D eigenvalue weighted by Gasteiger charge is -2.22. The fourth-order valence-corrected chi connectivity index (χ4v) is 5.21. The molecule has 0 unspecified atom stereocenters. The number of nitrogens with zero attached hydrogens (tertiary/aromatic N) is 2. The zero-order valence-corrected chi connectivity index (χ0v) is 18.2. The van der Waals surface area contributed by atoms with Crippen molar-refractivity contribution in [1.82, 2.24) is 9.88 Å². The summed E-state index contributed by atoms with van der Waals surface area (Å²) in [5, 5.41) is 3.20. The number of carbonyl (C=O) groups is 1. The molecule has 31 heavy (non-hydrogen) atoms. The summed E-state index contributed by atoms with van der Waals surface area (Å²) in [5.41, 5.74) is 1.68. The molecule has 162 valence electrons. The minimum absolute atomic E-state index is 0.0203. The highest BCUT2D eigenvalue weighted by atomic mass is 35.5. The van der Waals surface area contributed by atoms with Crippen LogP contribution in [0, 0.1) is 5.82 Å². The van der Waals surface area contributed by atoms with Crippen molar-refractivity contribution < 1.29 is 17.6 Å². The number of ketones is 1. The highest BCUT2D eigenvalue weighted by Gasteiger charge is 2.32. The maximum Gasteiger partial charge on any atom is 0.200 e. The number of nitrogens with one attached hydrogen (secondary N) is 1. The topological polar surface area (TPSA) is 88.5 Å². The van der Waals surface area contributed by atoms with Gasteiger partial charge in [-0.05, 0) is 30.1 Å². The Hall–Kier alpha value is -2.65. The van der Waals surface area contributed by atoms with E-state index in [9.17, 15) is 18.0 Å². The SMILES string of the molecule is CS(=O)(=O)CC(=O)c1cn(C2CC2)c2c(Cl)c(N3C=C4CNC=C4C3)c(F)cc2c1=O. The molecule has 2 aromatic rings. The number of rotatable bonds is 5. The van der Waals surface area contributed by atoms with E-state index in [0.29, 0.717) is 18.6 Å². The van der Waals surface area contributed by atoms with E-state index in [-0.39, 0.29) is 27.7 Å². The fraction of sp³-hybridized carbons (Fsp3) is 0.333. The van der Waals surface area contributed by atoms with E-state index in [4.69, 9.17) is 11.6 Å². The van der Waals surface area contributed by atoms with E-state index in [1.165, 1.54) is 6.20 Å². The van der Waals surface area contributed by atoms with Crippen LogP contribution in [0.15, 0.2) is 40.6 Å². The first-order valence-electron chi connectivity index (χ1n) is 9.82. The second-order valence-corrected chi connectivity index (χ2v) is 10.8. The number of hydrogen-bond acceptors (Lipinski definition) is 6. The Balaban J connectivity index is 1.71. The maximum absolute atomic E-state index is 15.2. The summed E-state index contributed by atoms with van der Waals surface area (Å²) < 4.78 is 40.1. The summed E-state index contributed by atoms with van der Waals surface area (Å²) in [6.07, 6.45) is 7.69. The van der Waals surface area contributed by atoms with Gasteiger partial charge in [0.25, 0.3) is 0 Å². The van der Waals surface area contributed by atoms with E-state index in [1.54, 1.807) is 9.47 Å². The van der Waals surface area contributed by atoms with Gasteiger partial charge in [0.2, 0.25) is 0 Å². The molecule has 3 heterocycles. The van der Waals surface area contributed by atoms with Crippen LogP contribution in [0.5, 0.6) is 0 Å². The first-order chi connectivity index (χ1) is 14.6. The molecule has 0 amide bonds. The summed E-state index contributed by atoms with van der Waals surface area (Å²) in [4.78, 5) is 27.3. The van der Waals surface area contributed by atoms with Crippen LogP contribution < -0.4 is 15.6 Å². The van der Waals surface area contributed by atoms with Gasteiger partial charge in [0, 0.05) is 44.0 Å². The zero-order chi connectivity index (χ0) is 22.1. The summed E-state index contributed by atoms with van der Waals surface area (Å²) in [5.74, 6) is -2.26. The van der Waals surface area contributed by atoms with E-state index in [0.717, 1.165) is 36.3 Å². The lowest BCUT2D eigenvalue weighted by molar-refractivity contribution is 0.101. The summed E-state index contributed by atoms with van der Waals surface area (Å²) in [6.45, 7) is 1.13. The third kappa shape index (κ3) is 3.45. The number of Topliss-reactive ketones (excluding diaryl/α,β-unsaturated/α-hetero) is 1. The number of halogens is 2. The van der Waals surface area contributed by atoms with Crippen molar-refractivity contribution >= 4 is 43.8 Å². The summed E-state index contributed by atoms with van der Waals surface area (Å²) >= 11 is 6.68. The van der Waals surface area contributed by atoms with Crippen LogP contribution in [-0.2, 0) is 9.84 Å². The lowest BCUT2D eigenvalue weighted by atomic mass is 10.1. The molecule has 2 aliphatic heterocycles. The Morgan fingerprint density at radius 3 is 2.71 bits per heavy atom. The van der Waals surface area contributed by atoms with Crippen LogP contribution in [0.2, 0.25) is 5.02 Å². The van der Waals surface area contributed by atoms with Crippen molar-refractivity contribution in [1.29, 1.82) is 0 Å². The van der Waals surface area contributed by atoms with Crippen LogP contribution in [-0.4, -0.2) is 43.9 Å². The molecule has 1 N–H and O–H groups in total. The van der Waals surface area contributed by atoms with E-state index in [1.807, 2.05) is 12.4 Å². The van der Waals surface area contributed by atoms with Crippen molar-refractivity contribution in [2.75, 3.05) is 30.0 Å². The predicted molar refractivity (Wildman–Crippen MR) is 117 cm³/mol. The average Bonchev–Trinajstić information content (AvgIpc) is 3.29. The van der Waals surface area contributed by atoms with Crippen molar-refractivity contribution in [3.63, 3.8) is 0 Å². The van der Waals surface area contributed by atoms with Gasteiger partial charge in [-0.2, -0.15) is 0 Å². The normalized spacial score (nSPS) is 18.1. The fourth-order valence-electron chi connectivity index (χ4n) is 4.18. The Morgan fingerprint density at radius 2 is 2.06 bits per heavy atom. The second kappa shape index (κ2) is 6.93. The minimum Gasteiger partial charge on any atom is -0.386 e. The van der Waals surface area contributed by atoms with Gasteiger partial charge in [0.05, 0.1) is 27.2 Å². The number of carbonyl (C=O) groups excluding carboxylic acids is 1. The number of benzene rings is 1. The quantitative estimate of drug-likeness (QED) is 0.685. The minimum atomic E-state index is -3.62. The molecule has 0 spiro atoms. The third-order valence-corrected chi connectivity index (χ3v) is 6.88. The molecule has 7 nitrogen and oxygen atoms in total. The molecular formula is C21H19ClFN3O4S. The molecule has 0 saturated heterocycles. The molecule has 0 atom stereocenters. The molecule has 10 heteroatoms. The monoisotopic (exact) mass is 463 g/mol. The average molecular weight is 464 g/mol. The largest absolute Gasteiger partial charge is 0.386 e. The zero-order valence-electron chi connectivity index (χ0n) is 16.6. The van der Waals surface area contributed by atoms with Crippen LogP contribution >= 0.6 is 11.6 Å². The van der Waals surface area contributed by atoms with Gasteiger partial charge in [-0.25, -0.2) is 12.8 Å². The molecular weight excluding hydrogens is 445 g/mol. The van der Waals surface area contributed by atoms with E-state index >= 15 is 4.39 Å². The molecule has 5 rings (SSSR count). The van der Waals surface area contributed by atoms with E-state index < -0.39 is 32.6 Å². The third-order valence-electron chi connectivity index (χ3n) is 5.74. The Labute approximate surface area is 182 Å². The van der Waals surface area contributed by atoms with Crippen LogP contribution in [0.3, 0.4) is 0 Å². The number of aromatic nitrogens is 1. The molecule has 1 aromatic heterocycles. The smallest absolute Gasteiger partial charge is 0.200 e. The number of anilines is 1. The summed E-state index contributed by atoms with van der Waals surface area (Å²) in [6, 6.07) is 1.13. The molecule has 1 aromatic carbocycles. The standard InChI is InChI=1S/C21H19ClFN3O4S/c1-31(29,30)10-17(27)15-9-26(13-2-3-13)19-14(21(15)28)4-16(23)20(18(19)22)25-7-11-5-24-6-12(11)8-25/h4-5,8-9,13,24H,2-3,6-7,10H2,1H3. The Bertz CT molecular complexity index is 1390. The van der Waals surface area contributed by atoms with Crippen LogP contribution in [0.25, 0.3) is 10.9 Å². The number of pyridine rings is 1. The summed E-state index contributed by atoms with van der Waals surface area (Å²) in [7, 11) is -3.62. The molecule has 1 saturated carbocycles. The van der Waals surface area contributed by atoms with Gasteiger partial charge in [0.1, 0.15) is 11.6 Å². The van der Waals surface area contributed by atoms with Crippen molar-refractivity contribution in [3.8, 4) is 0 Å². The van der Waals surface area contributed by atoms with Crippen molar-refractivity contribution in [2.45, 2.75) is 18.9 Å². The molecule has 1 aliphatic carbocycles. The van der Waals surface area contributed by atoms with Gasteiger partial charge in [-0.3, -0.25) is 9.59 Å². The van der Waals surface area contributed by atoms with Crippen molar-refractivity contribution in [2.24, 2.45) is 0 Å². The maximum atomic E-state index is 15.2. The van der Waals surface area contributed by atoms with Crippen molar-refractivity contribution in [3.05, 3.63) is 62.4 Å². The highest BCUT2D eigenvalue weighted by Crippen LogP contribution is 2.43. The van der Waals surface area contributed by atoms with Gasteiger partial charge in [0.15, 0.2) is 21.0 Å². The van der Waals surface area contributed by atoms with Crippen LogP contribution in [0.1, 0.15) is 29.2 Å². The van der Waals surface area contributed by atoms with Gasteiger partial charge >= 0.3 is 0 Å². The molecule has 1 fully saturated rings. The van der Waals surface area contributed by atoms with Gasteiger partial charge in [-0.1, -0.05) is 11.6 Å². The van der Waals surface area contributed by atoms with Crippen LogP contribution in [0.4, 0.5) is 10.1 Å². The molecule has 3 aliphatic rings. The molecule has 0 bridgehead atoms. The lowest BCUT2D eigenvalue weighted by Crippen LogP contribution is -2.25. The molecule has 0 radical (unpaired) electrons. The number of fused-ring (bicyclic) bond motifs is 2. The number of sulfone groups is 1. The Kier molecular flexibility index (Phi) is 4.53. The first kappa shape index (κ1) is 20.3. The predicted octanol–water partition coefficient (Wildman–Crippen LogP) is 2.55.